The molecular formula is C23H9Br4Cl2N3O3S2. The quantitative estimate of drug-likeness (QED) is 0.0940. The molecule has 1 aliphatic heterocycles. The van der Waals surface area contributed by atoms with Crippen LogP contribution < -0.4 is 10.2 Å². The summed E-state index contributed by atoms with van der Waals surface area (Å²) >= 11 is 28.6. The number of para-hydroxylation sites is 1. The van der Waals surface area contributed by atoms with Crippen LogP contribution in [0.5, 0.6) is 0 Å². The number of carbonyl (C=O) groups is 3. The van der Waals surface area contributed by atoms with E-state index in [9.17, 15) is 14.4 Å². The van der Waals surface area contributed by atoms with Crippen LogP contribution in [0.15, 0.2) is 58.6 Å². The van der Waals surface area contributed by atoms with Crippen molar-refractivity contribution in [3.63, 3.8) is 0 Å². The maximum atomic E-state index is 13.3. The first kappa shape index (κ1) is 27.6. The van der Waals surface area contributed by atoms with Gasteiger partial charge in [0.1, 0.15) is 0 Å². The fraction of sp³-hybridized carbons (Fsp3) is 0.0435. The highest BCUT2D eigenvalue weighted by Crippen LogP contribution is 2.46. The molecule has 0 saturated carbocycles. The Morgan fingerprint density at radius 2 is 1.54 bits per heavy atom. The van der Waals surface area contributed by atoms with Crippen molar-refractivity contribution < 1.29 is 14.4 Å². The molecule has 188 valence electrons. The van der Waals surface area contributed by atoms with Gasteiger partial charge in [0.05, 0.1) is 48.5 Å². The number of thioether (sulfide) groups is 1. The van der Waals surface area contributed by atoms with Crippen molar-refractivity contribution in [3.05, 3.63) is 75.5 Å². The van der Waals surface area contributed by atoms with Gasteiger partial charge < -0.3 is 5.32 Å². The number of carbonyl (C=O) groups excluding carboxylic acids is 3. The molecule has 14 heteroatoms. The van der Waals surface area contributed by atoms with E-state index in [1.807, 2.05) is 0 Å². The van der Waals surface area contributed by atoms with E-state index in [1.165, 1.54) is 23.1 Å². The number of fused-ring (bicyclic) bond motifs is 2. The molecule has 0 fully saturated rings. The molecule has 3 aromatic carbocycles. The molecule has 37 heavy (non-hydrogen) atoms. The van der Waals surface area contributed by atoms with Crippen LogP contribution in [-0.2, 0) is 4.79 Å². The SMILES string of the molecule is O=C(CSc1nc2ccc(N3C(=O)c4c(Br)c(Br)c(Br)c(Br)c4C3=O)cc2s1)Nc1c(Cl)cccc1Cl. The first-order chi connectivity index (χ1) is 17.6. The van der Waals surface area contributed by atoms with Gasteiger partial charge in [-0.15, -0.1) is 11.3 Å². The third-order valence-electron chi connectivity index (χ3n) is 5.27. The second-order valence-electron chi connectivity index (χ2n) is 7.52. The minimum absolute atomic E-state index is 0.0957. The fourth-order valence-electron chi connectivity index (χ4n) is 3.60. The lowest BCUT2D eigenvalue weighted by Crippen LogP contribution is -2.29. The molecule has 1 aliphatic rings. The Morgan fingerprint density at radius 3 is 2.14 bits per heavy atom. The third kappa shape index (κ3) is 5.04. The Balaban J connectivity index is 1.37. The minimum atomic E-state index is -0.436. The molecule has 0 atom stereocenters. The maximum absolute atomic E-state index is 13.3. The normalized spacial score (nSPS) is 13.0. The van der Waals surface area contributed by atoms with E-state index < -0.39 is 11.8 Å². The average Bonchev–Trinajstić information content (AvgIpc) is 3.39. The number of amides is 3. The van der Waals surface area contributed by atoms with Crippen LogP contribution in [0.1, 0.15) is 20.7 Å². The van der Waals surface area contributed by atoms with E-state index in [1.54, 1.807) is 36.4 Å². The lowest BCUT2D eigenvalue weighted by molar-refractivity contribution is -0.113. The van der Waals surface area contributed by atoms with Gasteiger partial charge in [0.25, 0.3) is 11.8 Å². The van der Waals surface area contributed by atoms with Gasteiger partial charge in [0, 0.05) is 17.9 Å². The van der Waals surface area contributed by atoms with Crippen LogP contribution in [-0.4, -0.2) is 28.5 Å². The molecule has 0 bridgehead atoms. The number of nitrogens with zero attached hydrogens (tertiary/aromatic N) is 2. The Kier molecular flexibility index (Phi) is 8.11. The number of nitrogens with one attached hydrogen (secondary N) is 1. The van der Waals surface area contributed by atoms with Crippen molar-refractivity contribution in [3.8, 4) is 0 Å². The average molecular weight is 830 g/mol. The number of anilines is 2. The summed E-state index contributed by atoms with van der Waals surface area (Å²) in [5, 5.41) is 3.43. The molecule has 2 heterocycles. The van der Waals surface area contributed by atoms with E-state index in [0.29, 0.717) is 49.2 Å². The topological polar surface area (TPSA) is 79.4 Å². The summed E-state index contributed by atoms with van der Waals surface area (Å²) in [6.45, 7) is 0. The second kappa shape index (κ2) is 10.9. The Morgan fingerprint density at radius 1 is 0.946 bits per heavy atom. The summed E-state index contributed by atoms with van der Waals surface area (Å²) in [7, 11) is 0. The number of aromatic nitrogens is 1. The van der Waals surface area contributed by atoms with Gasteiger partial charge in [0.2, 0.25) is 5.91 Å². The van der Waals surface area contributed by atoms with Gasteiger partial charge in [-0.3, -0.25) is 14.4 Å². The molecular weight excluding hydrogens is 821 g/mol. The molecule has 3 amide bonds. The van der Waals surface area contributed by atoms with Gasteiger partial charge >= 0.3 is 0 Å². The van der Waals surface area contributed by atoms with Gasteiger partial charge in [-0.05, 0) is 94.1 Å². The minimum Gasteiger partial charge on any atom is -0.323 e. The van der Waals surface area contributed by atoms with Crippen LogP contribution >= 0.6 is 110 Å². The summed E-state index contributed by atoms with van der Waals surface area (Å²) in [5.41, 5.74) is 2.03. The fourth-order valence-corrected chi connectivity index (χ4v) is 8.45. The number of imide groups is 1. The highest BCUT2D eigenvalue weighted by Gasteiger charge is 2.42. The summed E-state index contributed by atoms with van der Waals surface area (Å²) < 4.78 is 3.67. The molecule has 1 N–H and O–H groups in total. The lowest BCUT2D eigenvalue weighted by Gasteiger charge is -2.13. The molecule has 0 saturated heterocycles. The second-order valence-corrected chi connectivity index (χ2v) is 13.8. The number of halogens is 6. The standard InChI is InChI=1S/C23H9Br4Cl2N3O3S2/c24-16-14-15(17(25)19(27)18(16)26)22(35)32(21(14)34)8-4-5-11-12(6-8)37-23(30-11)36-7-13(33)31-20-9(28)2-1-3-10(20)29/h1-6H,7H2,(H,31,33). The number of hydrogen-bond acceptors (Lipinski definition) is 6. The van der Waals surface area contributed by atoms with E-state index in [0.717, 1.165) is 9.60 Å². The van der Waals surface area contributed by atoms with Gasteiger partial charge in [0.15, 0.2) is 4.34 Å². The van der Waals surface area contributed by atoms with Crippen molar-refractivity contribution in [1.82, 2.24) is 4.98 Å². The Hall–Kier alpha value is -0.990. The summed E-state index contributed by atoms with van der Waals surface area (Å²) in [6, 6.07) is 10.1. The van der Waals surface area contributed by atoms with Crippen LogP contribution in [0.25, 0.3) is 10.2 Å². The zero-order valence-electron chi connectivity index (χ0n) is 17.9. The van der Waals surface area contributed by atoms with E-state index >= 15 is 0 Å². The molecule has 0 spiro atoms. The molecule has 4 aromatic rings. The van der Waals surface area contributed by atoms with Crippen LogP contribution in [0.3, 0.4) is 0 Å². The summed E-state index contributed by atoms with van der Waals surface area (Å²) in [5.74, 6) is -1.05. The molecule has 5 rings (SSSR count). The third-order valence-corrected chi connectivity index (χ3v) is 12.8. The number of rotatable bonds is 5. The largest absolute Gasteiger partial charge is 0.323 e. The van der Waals surface area contributed by atoms with E-state index in [2.05, 4.69) is 74.0 Å². The highest BCUT2D eigenvalue weighted by molar-refractivity contribution is 9.15. The van der Waals surface area contributed by atoms with Crippen LogP contribution in [0.4, 0.5) is 11.4 Å². The van der Waals surface area contributed by atoms with Gasteiger partial charge in [-0.2, -0.15) is 0 Å². The van der Waals surface area contributed by atoms with Gasteiger partial charge in [-0.1, -0.05) is 41.0 Å². The van der Waals surface area contributed by atoms with E-state index in [-0.39, 0.29) is 22.8 Å². The maximum Gasteiger partial charge on any atom is 0.267 e. The van der Waals surface area contributed by atoms with Gasteiger partial charge in [-0.25, -0.2) is 9.88 Å². The molecule has 1 aromatic heterocycles. The zero-order chi connectivity index (χ0) is 26.6. The number of hydrogen-bond donors (Lipinski definition) is 1. The number of benzene rings is 3. The molecule has 0 aliphatic carbocycles. The molecule has 0 unspecified atom stereocenters. The first-order valence-corrected chi connectivity index (χ1v) is 15.8. The Bertz CT molecular complexity index is 1600. The van der Waals surface area contributed by atoms with Crippen molar-refractivity contribution in [1.29, 1.82) is 0 Å². The Labute approximate surface area is 262 Å². The van der Waals surface area contributed by atoms with Crippen LogP contribution in [0, 0.1) is 0 Å². The van der Waals surface area contributed by atoms with Crippen molar-refractivity contribution in [2.24, 2.45) is 0 Å². The summed E-state index contributed by atoms with van der Waals surface area (Å²) in [4.78, 5) is 44.7. The summed E-state index contributed by atoms with van der Waals surface area (Å²) in [6.07, 6.45) is 0. The number of thiazole rings is 1. The first-order valence-electron chi connectivity index (χ1n) is 10.1. The van der Waals surface area contributed by atoms with E-state index in [4.69, 9.17) is 23.2 Å². The molecule has 6 nitrogen and oxygen atoms in total. The van der Waals surface area contributed by atoms with Crippen molar-refractivity contribution in [2.75, 3.05) is 16.0 Å². The lowest BCUT2D eigenvalue weighted by atomic mass is 10.1. The van der Waals surface area contributed by atoms with Crippen molar-refractivity contribution in [2.45, 2.75) is 4.34 Å². The highest BCUT2D eigenvalue weighted by atomic mass is 79.9. The van der Waals surface area contributed by atoms with Crippen LogP contribution in [0.2, 0.25) is 10.0 Å². The predicted octanol–water partition coefficient (Wildman–Crippen LogP) is 9.18. The monoisotopic (exact) mass is 825 g/mol. The molecule has 0 radical (unpaired) electrons. The predicted molar refractivity (Wildman–Crippen MR) is 164 cm³/mol. The zero-order valence-corrected chi connectivity index (χ0v) is 27.4. The smallest absolute Gasteiger partial charge is 0.267 e. The van der Waals surface area contributed by atoms with Crippen molar-refractivity contribution >= 4 is 149 Å².